The van der Waals surface area contributed by atoms with Gasteiger partial charge in [-0.05, 0) is 37.6 Å². The lowest BCUT2D eigenvalue weighted by atomic mass is 10.2. The Morgan fingerprint density at radius 1 is 1.47 bits per heavy atom. The number of fused-ring (bicyclic) bond motifs is 1. The summed E-state index contributed by atoms with van der Waals surface area (Å²) in [5, 5.41) is 0. The first-order valence-electron chi connectivity index (χ1n) is 4.96. The van der Waals surface area contributed by atoms with Gasteiger partial charge in [-0.2, -0.15) is 0 Å². The highest BCUT2D eigenvalue weighted by Gasteiger charge is 2.08. The second kappa shape index (κ2) is 3.77. The Morgan fingerprint density at radius 3 is 3.00 bits per heavy atom. The third-order valence-electron chi connectivity index (χ3n) is 2.26. The van der Waals surface area contributed by atoms with Crippen molar-refractivity contribution in [3.8, 4) is 0 Å². The van der Waals surface area contributed by atoms with Gasteiger partial charge in [-0.3, -0.25) is 0 Å². The topological polar surface area (TPSA) is 30.7 Å². The lowest BCUT2D eigenvalue weighted by molar-refractivity contribution is 0.0526. The van der Waals surface area contributed by atoms with Crippen LogP contribution in [0.2, 0.25) is 0 Å². The Labute approximate surface area is 88.3 Å². The first-order chi connectivity index (χ1) is 7.20. The molecule has 3 nitrogen and oxygen atoms in total. The average Bonchev–Trinajstić information content (AvgIpc) is 2.60. The van der Waals surface area contributed by atoms with E-state index in [-0.39, 0.29) is 5.97 Å². The second-order valence-electron chi connectivity index (χ2n) is 3.49. The predicted molar refractivity (Wildman–Crippen MR) is 58.1 cm³/mol. The molecular weight excluding hydrogens is 190 g/mol. The molecule has 78 valence electrons. The molecule has 0 radical (unpaired) electrons. The van der Waals surface area contributed by atoms with Crippen LogP contribution in [-0.4, -0.2) is 17.0 Å². The second-order valence-corrected chi connectivity index (χ2v) is 3.49. The van der Waals surface area contributed by atoms with Gasteiger partial charge in [-0.25, -0.2) is 4.79 Å². The zero-order chi connectivity index (χ0) is 10.8. The lowest BCUT2D eigenvalue weighted by Gasteiger charge is -1.96. The molecule has 3 heteroatoms. The number of carbonyl (C=O) groups is 1. The summed E-state index contributed by atoms with van der Waals surface area (Å²) in [4.78, 5) is 11.5. The van der Waals surface area contributed by atoms with Crippen molar-refractivity contribution < 1.29 is 9.53 Å². The Balaban J connectivity index is 2.42. The van der Waals surface area contributed by atoms with Crippen LogP contribution in [0.3, 0.4) is 0 Å². The van der Waals surface area contributed by atoms with Gasteiger partial charge in [0.2, 0.25) is 0 Å². The van der Waals surface area contributed by atoms with Gasteiger partial charge >= 0.3 is 5.97 Å². The molecule has 2 heterocycles. The van der Waals surface area contributed by atoms with Crippen molar-refractivity contribution in [3.05, 3.63) is 41.7 Å². The molecule has 2 rings (SSSR count). The van der Waals surface area contributed by atoms with E-state index in [9.17, 15) is 4.79 Å². The van der Waals surface area contributed by atoms with Crippen LogP contribution < -0.4 is 0 Å². The zero-order valence-electron chi connectivity index (χ0n) is 8.86. The molecule has 0 saturated heterocycles. The van der Waals surface area contributed by atoms with Crippen LogP contribution in [0.25, 0.3) is 5.52 Å². The third kappa shape index (κ3) is 1.86. The maximum atomic E-state index is 11.5. The van der Waals surface area contributed by atoms with Gasteiger partial charge in [-0.1, -0.05) is 0 Å². The molecular formula is C12H13NO2. The van der Waals surface area contributed by atoms with E-state index in [0.717, 1.165) is 5.52 Å². The Morgan fingerprint density at radius 2 is 2.27 bits per heavy atom. The number of rotatable bonds is 2. The van der Waals surface area contributed by atoms with Crippen molar-refractivity contribution in [1.29, 1.82) is 0 Å². The molecule has 0 N–H and O–H groups in total. The van der Waals surface area contributed by atoms with Crippen molar-refractivity contribution in [2.75, 3.05) is 6.61 Å². The van der Waals surface area contributed by atoms with Gasteiger partial charge in [0.15, 0.2) is 0 Å². The van der Waals surface area contributed by atoms with E-state index in [2.05, 4.69) is 0 Å². The molecule has 0 aliphatic heterocycles. The summed E-state index contributed by atoms with van der Waals surface area (Å²) in [6.07, 6.45) is 3.72. The molecule has 0 aliphatic carbocycles. The van der Waals surface area contributed by atoms with E-state index >= 15 is 0 Å². The quantitative estimate of drug-likeness (QED) is 0.702. The molecule has 0 bridgehead atoms. The number of ether oxygens (including phenoxy) is 1. The SMILES string of the molecule is CCOC(=O)c1cc2cc(C)ccn2c1. The van der Waals surface area contributed by atoms with Crippen LogP contribution >= 0.6 is 0 Å². The van der Waals surface area contributed by atoms with Gasteiger partial charge in [0.05, 0.1) is 12.2 Å². The normalized spacial score (nSPS) is 10.5. The van der Waals surface area contributed by atoms with Crippen LogP contribution in [0, 0.1) is 6.92 Å². The minimum Gasteiger partial charge on any atom is -0.462 e. The number of nitrogens with zero attached hydrogens (tertiary/aromatic N) is 1. The lowest BCUT2D eigenvalue weighted by Crippen LogP contribution is -2.02. The number of carbonyl (C=O) groups excluding carboxylic acids is 1. The number of aromatic nitrogens is 1. The molecule has 2 aromatic rings. The number of esters is 1. The molecule has 2 aromatic heterocycles. The third-order valence-corrected chi connectivity index (χ3v) is 2.26. The minimum absolute atomic E-state index is 0.265. The van der Waals surface area contributed by atoms with Crippen molar-refractivity contribution in [1.82, 2.24) is 4.40 Å². The molecule has 0 atom stereocenters. The Bertz CT molecular complexity index is 499. The first-order valence-corrected chi connectivity index (χ1v) is 4.96. The first kappa shape index (κ1) is 9.77. The average molecular weight is 203 g/mol. The van der Waals surface area contributed by atoms with Crippen molar-refractivity contribution >= 4 is 11.5 Å². The van der Waals surface area contributed by atoms with E-state index in [4.69, 9.17) is 4.74 Å². The fourth-order valence-electron chi connectivity index (χ4n) is 1.55. The molecule has 15 heavy (non-hydrogen) atoms. The van der Waals surface area contributed by atoms with Crippen LogP contribution in [0.1, 0.15) is 22.8 Å². The van der Waals surface area contributed by atoms with E-state index < -0.39 is 0 Å². The molecule has 0 aromatic carbocycles. The molecule has 0 spiro atoms. The number of hydrogen-bond acceptors (Lipinski definition) is 2. The molecule has 0 amide bonds. The van der Waals surface area contributed by atoms with Gasteiger partial charge in [0, 0.05) is 17.9 Å². The van der Waals surface area contributed by atoms with E-state index in [1.165, 1.54) is 5.56 Å². The Hall–Kier alpha value is -1.77. The monoisotopic (exact) mass is 203 g/mol. The van der Waals surface area contributed by atoms with Crippen molar-refractivity contribution in [3.63, 3.8) is 0 Å². The highest BCUT2D eigenvalue weighted by molar-refractivity contribution is 5.91. The van der Waals surface area contributed by atoms with E-state index in [1.807, 2.05) is 35.7 Å². The summed E-state index contributed by atoms with van der Waals surface area (Å²) >= 11 is 0. The van der Waals surface area contributed by atoms with Crippen molar-refractivity contribution in [2.45, 2.75) is 13.8 Å². The van der Waals surface area contributed by atoms with Gasteiger partial charge in [0.1, 0.15) is 0 Å². The van der Waals surface area contributed by atoms with Crippen LogP contribution in [0.5, 0.6) is 0 Å². The van der Waals surface area contributed by atoms with Crippen LogP contribution in [0.4, 0.5) is 0 Å². The summed E-state index contributed by atoms with van der Waals surface area (Å²) in [5.41, 5.74) is 2.79. The Kier molecular flexibility index (Phi) is 2.46. The predicted octanol–water partition coefficient (Wildman–Crippen LogP) is 2.42. The van der Waals surface area contributed by atoms with Gasteiger partial charge in [-0.15, -0.1) is 0 Å². The van der Waals surface area contributed by atoms with Crippen molar-refractivity contribution in [2.24, 2.45) is 0 Å². The van der Waals surface area contributed by atoms with E-state index in [1.54, 1.807) is 13.1 Å². The fraction of sp³-hybridized carbons (Fsp3) is 0.250. The zero-order valence-corrected chi connectivity index (χ0v) is 8.86. The summed E-state index contributed by atoms with van der Waals surface area (Å²) in [6, 6.07) is 5.87. The largest absolute Gasteiger partial charge is 0.462 e. The highest BCUT2D eigenvalue weighted by Crippen LogP contribution is 2.12. The fourth-order valence-corrected chi connectivity index (χ4v) is 1.55. The van der Waals surface area contributed by atoms with Crippen LogP contribution in [0.15, 0.2) is 30.6 Å². The standard InChI is InChI=1S/C12H13NO2/c1-3-15-12(14)10-7-11-6-9(2)4-5-13(11)8-10/h4-8H,3H2,1-2H3. The molecule has 0 aliphatic rings. The highest BCUT2D eigenvalue weighted by atomic mass is 16.5. The summed E-state index contributed by atoms with van der Waals surface area (Å²) in [7, 11) is 0. The van der Waals surface area contributed by atoms with Gasteiger partial charge < -0.3 is 9.14 Å². The minimum atomic E-state index is -0.265. The molecule has 0 fully saturated rings. The number of aryl methyl sites for hydroxylation is 1. The molecule has 0 unspecified atom stereocenters. The maximum absolute atomic E-state index is 11.5. The molecule has 0 saturated carbocycles. The summed E-state index contributed by atoms with van der Waals surface area (Å²) < 4.78 is 6.85. The summed E-state index contributed by atoms with van der Waals surface area (Å²) in [5.74, 6) is -0.265. The smallest absolute Gasteiger partial charge is 0.339 e. The van der Waals surface area contributed by atoms with Crippen LogP contribution in [-0.2, 0) is 4.74 Å². The van der Waals surface area contributed by atoms with E-state index in [0.29, 0.717) is 12.2 Å². The number of hydrogen-bond donors (Lipinski definition) is 0. The summed E-state index contributed by atoms with van der Waals surface area (Å²) in [6.45, 7) is 4.24. The number of pyridine rings is 1. The maximum Gasteiger partial charge on any atom is 0.339 e. The van der Waals surface area contributed by atoms with Gasteiger partial charge in [0.25, 0.3) is 0 Å².